The number of aliphatic hydroxyl groups excluding tert-OH is 1. The quantitative estimate of drug-likeness (QED) is 0.818. The summed E-state index contributed by atoms with van der Waals surface area (Å²) in [4.78, 5) is 12.0. The SMILES string of the molecule is O=C(NCC1(CCO)CC1)C1CCCC(C(F)(F)F)C1. The molecule has 20 heavy (non-hydrogen) atoms. The molecule has 0 aromatic rings. The third-order valence-corrected chi connectivity index (χ3v) is 4.74. The summed E-state index contributed by atoms with van der Waals surface area (Å²) < 4.78 is 38.1. The van der Waals surface area contributed by atoms with Crippen molar-refractivity contribution in [2.24, 2.45) is 17.3 Å². The molecule has 1 amide bonds. The van der Waals surface area contributed by atoms with Crippen molar-refractivity contribution in [1.29, 1.82) is 0 Å². The van der Waals surface area contributed by atoms with Crippen LogP contribution in [0, 0.1) is 17.3 Å². The summed E-state index contributed by atoms with van der Waals surface area (Å²) in [5, 5.41) is 11.7. The minimum atomic E-state index is -4.19. The van der Waals surface area contributed by atoms with E-state index in [9.17, 15) is 18.0 Å². The summed E-state index contributed by atoms with van der Waals surface area (Å²) in [6.45, 7) is 0.578. The van der Waals surface area contributed by atoms with Gasteiger partial charge in [0.25, 0.3) is 0 Å². The summed E-state index contributed by atoms with van der Waals surface area (Å²) in [6.07, 6.45) is -0.510. The Kier molecular flexibility index (Phi) is 4.62. The lowest BCUT2D eigenvalue weighted by molar-refractivity contribution is -0.186. The van der Waals surface area contributed by atoms with Gasteiger partial charge in [-0.2, -0.15) is 13.2 Å². The molecule has 2 fully saturated rings. The number of halogens is 3. The minimum Gasteiger partial charge on any atom is -0.396 e. The molecule has 0 bridgehead atoms. The van der Waals surface area contributed by atoms with E-state index in [1.165, 1.54) is 0 Å². The Labute approximate surface area is 116 Å². The van der Waals surface area contributed by atoms with Crippen LogP contribution in [-0.4, -0.2) is 30.3 Å². The number of carbonyl (C=O) groups is 1. The summed E-state index contributed by atoms with van der Waals surface area (Å²) in [6, 6.07) is 0. The number of carbonyl (C=O) groups excluding carboxylic acids is 1. The molecule has 0 heterocycles. The topological polar surface area (TPSA) is 49.3 Å². The van der Waals surface area contributed by atoms with E-state index in [4.69, 9.17) is 5.11 Å². The van der Waals surface area contributed by atoms with E-state index in [1.807, 2.05) is 0 Å². The molecule has 2 unspecified atom stereocenters. The maximum atomic E-state index is 12.7. The van der Waals surface area contributed by atoms with Gasteiger partial charge >= 0.3 is 6.18 Å². The highest BCUT2D eigenvalue weighted by molar-refractivity contribution is 5.78. The van der Waals surface area contributed by atoms with Crippen LogP contribution in [0.1, 0.15) is 44.9 Å². The van der Waals surface area contributed by atoms with Gasteiger partial charge in [-0.05, 0) is 43.9 Å². The summed E-state index contributed by atoms with van der Waals surface area (Å²) >= 11 is 0. The van der Waals surface area contributed by atoms with Crippen molar-refractivity contribution in [3.8, 4) is 0 Å². The second-order valence-corrected chi connectivity index (χ2v) is 6.29. The van der Waals surface area contributed by atoms with Crippen molar-refractivity contribution in [3.63, 3.8) is 0 Å². The molecular weight excluding hydrogens is 271 g/mol. The molecule has 2 N–H and O–H groups in total. The maximum Gasteiger partial charge on any atom is 0.391 e. The Morgan fingerprint density at radius 2 is 2.00 bits per heavy atom. The van der Waals surface area contributed by atoms with Crippen LogP contribution in [0.25, 0.3) is 0 Å². The molecule has 0 aromatic heterocycles. The van der Waals surface area contributed by atoms with Crippen LogP contribution in [0.3, 0.4) is 0 Å². The van der Waals surface area contributed by atoms with Crippen LogP contribution in [0.2, 0.25) is 0 Å². The van der Waals surface area contributed by atoms with Crippen LogP contribution in [0.4, 0.5) is 13.2 Å². The number of hydrogen-bond donors (Lipinski definition) is 2. The van der Waals surface area contributed by atoms with Gasteiger partial charge in [0.15, 0.2) is 0 Å². The zero-order chi connectivity index (χ0) is 14.8. The normalized spacial score (nSPS) is 29.0. The van der Waals surface area contributed by atoms with Crippen molar-refractivity contribution >= 4 is 5.91 Å². The second kappa shape index (κ2) is 5.92. The molecule has 2 atom stereocenters. The van der Waals surface area contributed by atoms with E-state index in [2.05, 4.69) is 5.32 Å². The van der Waals surface area contributed by atoms with Gasteiger partial charge in [0, 0.05) is 19.1 Å². The van der Waals surface area contributed by atoms with E-state index < -0.39 is 18.0 Å². The minimum absolute atomic E-state index is 0.00249. The third kappa shape index (κ3) is 3.87. The van der Waals surface area contributed by atoms with Crippen molar-refractivity contribution < 1.29 is 23.1 Å². The lowest BCUT2D eigenvalue weighted by Gasteiger charge is -2.30. The first-order chi connectivity index (χ1) is 9.36. The Balaban J connectivity index is 1.80. The predicted octanol–water partition coefficient (Wildman–Crippen LogP) is 2.63. The highest BCUT2D eigenvalue weighted by atomic mass is 19.4. The molecule has 0 aliphatic heterocycles. The first-order valence-electron chi connectivity index (χ1n) is 7.32. The summed E-state index contributed by atoms with van der Waals surface area (Å²) in [5.74, 6) is -2.09. The van der Waals surface area contributed by atoms with Crippen LogP contribution >= 0.6 is 0 Å². The molecule has 2 aliphatic rings. The molecule has 3 nitrogen and oxygen atoms in total. The monoisotopic (exact) mass is 293 g/mol. The molecular formula is C14H22F3NO2. The molecule has 2 aliphatic carbocycles. The third-order valence-electron chi connectivity index (χ3n) is 4.74. The van der Waals surface area contributed by atoms with Crippen molar-refractivity contribution in [3.05, 3.63) is 0 Å². The fraction of sp³-hybridized carbons (Fsp3) is 0.929. The molecule has 6 heteroatoms. The van der Waals surface area contributed by atoms with Gasteiger partial charge in [0.05, 0.1) is 5.92 Å². The molecule has 2 rings (SSSR count). The zero-order valence-electron chi connectivity index (χ0n) is 11.5. The van der Waals surface area contributed by atoms with Gasteiger partial charge in [-0.25, -0.2) is 0 Å². The molecule has 0 radical (unpaired) electrons. The Hall–Kier alpha value is -0.780. The fourth-order valence-electron chi connectivity index (χ4n) is 3.07. The van der Waals surface area contributed by atoms with Crippen LogP contribution in [0.15, 0.2) is 0 Å². The lowest BCUT2D eigenvalue weighted by atomic mass is 9.80. The van der Waals surface area contributed by atoms with Crippen molar-refractivity contribution in [2.75, 3.05) is 13.2 Å². The largest absolute Gasteiger partial charge is 0.396 e. The zero-order valence-corrected chi connectivity index (χ0v) is 11.5. The number of aliphatic hydroxyl groups is 1. The molecule has 0 aromatic carbocycles. The first-order valence-corrected chi connectivity index (χ1v) is 7.32. The Morgan fingerprint density at radius 3 is 2.55 bits per heavy atom. The highest BCUT2D eigenvalue weighted by Crippen LogP contribution is 2.48. The van der Waals surface area contributed by atoms with Crippen molar-refractivity contribution in [2.45, 2.75) is 51.1 Å². The number of amides is 1. The second-order valence-electron chi connectivity index (χ2n) is 6.29. The average molecular weight is 293 g/mol. The van der Waals surface area contributed by atoms with Gasteiger partial charge in [0.2, 0.25) is 5.91 Å². The van der Waals surface area contributed by atoms with Crippen molar-refractivity contribution in [1.82, 2.24) is 5.32 Å². The van der Waals surface area contributed by atoms with Gasteiger partial charge in [-0.1, -0.05) is 6.42 Å². The first kappa shape index (κ1) is 15.6. The van der Waals surface area contributed by atoms with Crippen LogP contribution in [-0.2, 0) is 4.79 Å². The fourth-order valence-corrected chi connectivity index (χ4v) is 3.07. The van der Waals surface area contributed by atoms with Gasteiger partial charge in [-0.3, -0.25) is 4.79 Å². The maximum absolute atomic E-state index is 12.7. The van der Waals surface area contributed by atoms with E-state index in [0.29, 0.717) is 25.8 Å². The molecule has 116 valence electrons. The van der Waals surface area contributed by atoms with Gasteiger partial charge < -0.3 is 10.4 Å². The number of hydrogen-bond acceptors (Lipinski definition) is 2. The number of alkyl halides is 3. The van der Waals surface area contributed by atoms with Gasteiger partial charge in [-0.15, -0.1) is 0 Å². The van der Waals surface area contributed by atoms with E-state index >= 15 is 0 Å². The lowest BCUT2D eigenvalue weighted by Crippen LogP contribution is -2.39. The molecule has 0 spiro atoms. The van der Waals surface area contributed by atoms with Gasteiger partial charge in [0.1, 0.15) is 0 Å². The van der Waals surface area contributed by atoms with E-state index in [1.54, 1.807) is 0 Å². The Bertz CT molecular complexity index is 353. The summed E-state index contributed by atoms with van der Waals surface area (Å²) in [7, 11) is 0. The van der Waals surface area contributed by atoms with E-state index in [0.717, 1.165) is 12.8 Å². The Morgan fingerprint density at radius 1 is 1.30 bits per heavy atom. The molecule has 2 saturated carbocycles. The van der Waals surface area contributed by atoms with E-state index in [-0.39, 0.29) is 30.8 Å². The average Bonchev–Trinajstić information content (AvgIpc) is 3.16. The highest BCUT2D eigenvalue weighted by Gasteiger charge is 2.45. The molecule has 0 saturated heterocycles. The predicted molar refractivity (Wildman–Crippen MR) is 67.9 cm³/mol. The smallest absolute Gasteiger partial charge is 0.391 e. The van der Waals surface area contributed by atoms with Crippen LogP contribution in [0.5, 0.6) is 0 Å². The number of nitrogens with one attached hydrogen (secondary N) is 1. The van der Waals surface area contributed by atoms with Crippen LogP contribution < -0.4 is 5.32 Å². The summed E-state index contributed by atoms with van der Waals surface area (Å²) in [5.41, 5.74) is 0.00249. The number of rotatable bonds is 5. The standard InChI is InChI=1S/C14H22F3NO2/c15-14(16,17)11-3-1-2-10(8-11)12(20)18-9-13(4-5-13)6-7-19/h10-11,19H,1-9H2,(H,18,20).